The maximum Gasteiger partial charge on any atom is 0.177 e. The quantitative estimate of drug-likeness (QED) is 0.782. The normalized spacial score (nSPS) is 10.6. The van der Waals surface area contributed by atoms with Crippen LogP contribution in [0.2, 0.25) is 0 Å². The van der Waals surface area contributed by atoms with Gasteiger partial charge in [-0.05, 0) is 12.2 Å². The van der Waals surface area contributed by atoms with Gasteiger partial charge < -0.3 is 14.7 Å². The third-order valence-corrected chi connectivity index (χ3v) is 3.00. The van der Waals surface area contributed by atoms with E-state index in [9.17, 15) is 0 Å². The van der Waals surface area contributed by atoms with Gasteiger partial charge in [0.05, 0.1) is 18.8 Å². The highest BCUT2D eigenvalue weighted by molar-refractivity contribution is 7.71. The average Bonchev–Trinajstić information content (AvgIpc) is 2.79. The van der Waals surface area contributed by atoms with Crippen LogP contribution in [0.15, 0.2) is 17.8 Å². The van der Waals surface area contributed by atoms with E-state index in [1.54, 1.807) is 23.7 Å². The molecular weight excluding hydrogens is 218 g/mol. The lowest BCUT2D eigenvalue weighted by molar-refractivity contribution is 0.271. The number of aromatic amines is 1. The lowest BCUT2D eigenvalue weighted by Crippen LogP contribution is -2.03. The van der Waals surface area contributed by atoms with Gasteiger partial charge in [-0.3, -0.25) is 0 Å². The third kappa shape index (κ3) is 1.77. The number of H-pyrrole nitrogens is 1. The molecule has 4 nitrogen and oxygen atoms in total. The maximum atomic E-state index is 9.06. The molecule has 0 bridgehead atoms. The van der Waals surface area contributed by atoms with Crippen LogP contribution in [0.5, 0.6) is 0 Å². The van der Waals surface area contributed by atoms with Crippen LogP contribution < -0.4 is 0 Å². The lowest BCUT2D eigenvalue weighted by atomic mass is 10.5. The minimum absolute atomic E-state index is 0.0154. The van der Waals surface area contributed by atoms with Crippen molar-refractivity contribution in [1.29, 1.82) is 0 Å². The molecule has 2 rings (SSSR count). The Bertz CT molecular complexity index is 457. The van der Waals surface area contributed by atoms with Crippen LogP contribution in [-0.2, 0) is 13.2 Å². The van der Waals surface area contributed by atoms with Crippen molar-refractivity contribution in [2.75, 3.05) is 0 Å². The molecule has 14 heavy (non-hydrogen) atoms. The zero-order valence-corrected chi connectivity index (χ0v) is 8.94. The minimum atomic E-state index is -0.0154. The average molecular weight is 227 g/mol. The van der Waals surface area contributed by atoms with E-state index in [0.717, 1.165) is 10.7 Å². The second-order valence-electron chi connectivity index (χ2n) is 2.76. The van der Waals surface area contributed by atoms with Crippen molar-refractivity contribution >= 4 is 23.6 Å². The highest BCUT2D eigenvalue weighted by atomic mass is 32.1. The summed E-state index contributed by atoms with van der Waals surface area (Å²) >= 11 is 6.66. The fraction of sp³-hybridized carbons (Fsp3) is 0.250. The zero-order chi connectivity index (χ0) is 9.97. The molecule has 2 aromatic heterocycles. The predicted octanol–water partition coefficient (Wildman–Crippen LogP) is 1.54. The summed E-state index contributed by atoms with van der Waals surface area (Å²) in [6.07, 6.45) is 3.48. The van der Waals surface area contributed by atoms with E-state index < -0.39 is 0 Å². The number of nitrogens with zero attached hydrogens (tertiary/aromatic N) is 2. The molecule has 0 atom stereocenters. The Morgan fingerprint density at radius 1 is 1.64 bits per heavy atom. The Labute approximate surface area is 89.9 Å². The number of rotatable bonds is 3. The Kier molecular flexibility index (Phi) is 2.76. The molecule has 0 saturated carbocycles. The molecule has 2 N–H and O–H groups in total. The fourth-order valence-electron chi connectivity index (χ4n) is 1.20. The summed E-state index contributed by atoms with van der Waals surface area (Å²) in [6.45, 7) is 0.606. The molecule has 0 saturated heterocycles. The standard InChI is InChI=1S/C8H9N3OS2/c12-5-6-3-10-8(13)11(6)4-7-9-1-2-14-7/h1-3,12H,4-5H2,(H,10,13). The van der Waals surface area contributed by atoms with E-state index in [1.165, 1.54) is 0 Å². The fourth-order valence-corrected chi connectivity index (χ4v) is 2.05. The maximum absolute atomic E-state index is 9.06. The Morgan fingerprint density at radius 3 is 3.14 bits per heavy atom. The van der Waals surface area contributed by atoms with Crippen molar-refractivity contribution in [3.05, 3.63) is 33.2 Å². The van der Waals surface area contributed by atoms with Crippen molar-refractivity contribution in [3.8, 4) is 0 Å². The van der Waals surface area contributed by atoms with E-state index in [1.807, 2.05) is 9.95 Å². The number of hydrogen-bond donors (Lipinski definition) is 2. The van der Waals surface area contributed by atoms with Gasteiger partial charge in [0.15, 0.2) is 4.77 Å². The van der Waals surface area contributed by atoms with Gasteiger partial charge in [0, 0.05) is 17.8 Å². The van der Waals surface area contributed by atoms with Crippen LogP contribution in [0.25, 0.3) is 0 Å². The summed E-state index contributed by atoms with van der Waals surface area (Å²) in [7, 11) is 0. The van der Waals surface area contributed by atoms with Crippen molar-refractivity contribution in [3.63, 3.8) is 0 Å². The number of hydrogen-bond acceptors (Lipinski definition) is 4. The zero-order valence-electron chi connectivity index (χ0n) is 7.30. The van der Waals surface area contributed by atoms with Gasteiger partial charge >= 0.3 is 0 Å². The molecular formula is C8H9N3OS2. The summed E-state index contributed by atoms with van der Waals surface area (Å²) in [5, 5.41) is 12.0. The van der Waals surface area contributed by atoms with Crippen molar-refractivity contribution < 1.29 is 5.11 Å². The predicted molar refractivity (Wildman–Crippen MR) is 56.8 cm³/mol. The van der Waals surface area contributed by atoms with Gasteiger partial charge in [0.2, 0.25) is 0 Å². The van der Waals surface area contributed by atoms with Crippen molar-refractivity contribution in [2.24, 2.45) is 0 Å². The van der Waals surface area contributed by atoms with Crippen LogP contribution in [0.1, 0.15) is 10.7 Å². The molecule has 0 aliphatic carbocycles. The van der Waals surface area contributed by atoms with Crippen LogP contribution in [0.4, 0.5) is 0 Å². The van der Waals surface area contributed by atoms with Gasteiger partial charge in [0.1, 0.15) is 5.01 Å². The number of thiazole rings is 1. The number of aliphatic hydroxyl groups is 1. The van der Waals surface area contributed by atoms with E-state index in [2.05, 4.69) is 9.97 Å². The number of imidazole rings is 1. The largest absolute Gasteiger partial charge is 0.390 e. The Morgan fingerprint density at radius 2 is 2.50 bits per heavy atom. The van der Waals surface area contributed by atoms with E-state index >= 15 is 0 Å². The SMILES string of the molecule is OCc1c[nH]c(=S)n1Cc1nccs1. The second kappa shape index (κ2) is 4.04. The minimum Gasteiger partial charge on any atom is -0.390 e. The topological polar surface area (TPSA) is 53.8 Å². The molecule has 0 aliphatic rings. The van der Waals surface area contributed by atoms with Crippen molar-refractivity contribution in [1.82, 2.24) is 14.5 Å². The monoisotopic (exact) mass is 227 g/mol. The molecule has 0 amide bonds. The first kappa shape index (κ1) is 9.57. The summed E-state index contributed by atoms with van der Waals surface area (Å²) in [6, 6.07) is 0. The summed E-state index contributed by atoms with van der Waals surface area (Å²) in [5.74, 6) is 0. The number of nitrogens with one attached hydrogen (secondary N) is 1. The first-order valence-corrected chi connectivity index (χ1v) is 5.36. The van der Waals surface area contributed by atoms with Crippen LogP contribution >= 0.6 is 23.6 Å². The number of aliphatic hydroxyl groups excluding tert-OH is 1. The summed E-state index contributed by atoms with van der Waals surface area (Å²) < 4.78 is 2.46. The highest BCUT2D eigenvalue weighted by Gasteiger charge is 2.04. The molecule has 0 spiro atoms. The molecule has 0 radical (unpaired) electrons. The van der Waals surface area contributed by atoms with E-state index in [-0.39, 0.29) is 6.61 Å². The summed E-state index contributed by atoms with van der Waals surface area (Å²) in [4.78, 5) is 7.06. The van der Waals surface area contributed by atoms with Gasteiger partial charge in [0.25, 0.3) is 0 Å². The van der Waals surface area contributed by atoms with Gasteiger partial charge in [-0.15, -0.1) is 11.3 Å². The van der Waals surface area contributed by atoms with Gasteiger partial charge in [-0.2, -0.15) is 0 Å². The highest BCUT2D eigenvalue weighted by Crippen LogP contribution is 2.09. The smallest absolute Gasteiger partial charge is 0.177 e. The van der Waals surface area contributed by atoms with Crippen LogP contribution in [0.3, 0.4) is 0 Å². The first-order chi connectivity index (χ1) is 6.81. The molecule has 2 aromatic rings. The number of aromatic nitrogens is 3. The molecule has 6 heteroatoms. The van der Waals surface area contributed by atoms with Crippen LogP contribution in [0, 0.1) is 4.77 Å². The molecule has 0 aliphatic heterocycles. The second-order valence-corrected chi connectivity index (χ2v) is 4.12. The Hall–Kier alpha value is -0.980. The molecule has 0 unspecified atom stereocenters. The van der Waals surface area contributed by atoms with Crippen LogP contribution in [-0.4, -0.2) is 19.6 Å². The first-order valence-electron chi connectivity index (χ1n) is 4.07. The third-order valence-electron chi connectivity index (χ3n) is 1.89. The van der Waals surface area contributed by atoms with Gasteiger partial charge in [-0.1, -0.05) is 0 Å². The van der Waals surface area contributed by atoms with Crippen molar-refractivity contribution in [2.45, 2.75) is 13.2 Å². The Balaban J connectivity index is 2.32. The van der Waals surface area contributed by atoms with Gasteiger partial charge in [-0.25, -0.2) is 4.98 Å². The molecule has 0 aromatic carbocycles. The molecule has 2 heterocycles. The lowest BCUT2D eigenvalue weighted by Gasteiger charge is -2.02. The molecule has 0 fully saturated rings. The van der Waals surface area contributed by atoms with E-state index in [0.29, 0.717) is 11.3 Å². The summed E-state index contributed by atoms with van der Waals surface area (Å²) in [5.41, 5.74) is 0.783. The van der Waals surface area contributed by atoms with E-state index in [4.69, 9.17) is 17.3 Å². The molecule has 74 valence electrons.